The first kappa shape index (κ1) is 17.0. The van der Waals surface area contributed by atoms with Gasteiger partial charge in [-0.2, -0.15) is 5.10 Å². The van der Waals surface area contributed by atoms with Crippen LogP contribution in [0, 0.1) is 6.92 Å². The second kappa shape index (κ2) is 8.34. The van der Waals surface area contributed by atoms with Crippen molar-refractivity contribution in [2.75, 3.05) is 11.9 Å². The van der Waals surface area contributed by atoms with E-state index in [0.717, 1.165) is 27.7 Å². The third kappa shape index (κ3) is 5.36. The average Bonchev–Trinajstić information content (AvgIpc) is 3.14. The number of rotatable bonds is 7. The van der Waals surface area contributed by atoms with Crippen LogP contribution in [0.15, 0.2) is 60.0 Å². The van der Waals surface area contributed by atoms with Crippen molar-refractivity contribution in [3.8, 4) is 5.75 Å². The van der Waals surface area contributed by atoms with Crippen LogP contribution in [0.3, 0.4) is 0 Å². The zero-order valence-electron chi connectivity index (χ0n) is 13.7. The number of thioether (sulfide) groups is 1. The van der Waals surface area contributed by atoms with Crippen LogP contribution in [0.1, 0.15) is 11.1 Å². The van der Waals surface area contributed by atoms with Gasteiger partial charge in [0.25, 0.3) is 5.91 Å². The van der Waals surface area contributed by atoms with E-state index in [9.17, 15) is 4.79 Å². The van der Waals surface area contributed by atoms with Gasteiger partial charge in [0.05, 0.1) is 0 Å². The minimum absolute atomic E-state index is 0.0217. The van der Waals surface area contributed by atoms with Gasteiger partial charge in [-0.05, 0) is 36.8 Å². The second-order valence-electron chi connectivity index (χ2n) is 5.43. The number of carbonyl (C=O) groups is 1. The Morgan fingerprint density at radius 3 is 2.60 bits per heavy atom. The number of benzene rings is 2. The molecule has 3 aromatic rings. The molecule has 0 radical (unpaired) electrons. The molecule has 1 heterocycles. The van der Waals surface area contributed by atoms with E-state index in [-0.39, 0.29) is 12.5 Å². The van der Waals surface area contributed by atoms with Gasteiger partial charge in [-0.25, -0.2) is 4.98 Å². The molecular formula is C18H18N4O2S. The zero-order valence-corrected chi connectivity index (χ0v) is 14.5. The lowest BCUT2D eigenvalue weighted by Gasteiger charge is -2.08. The fourth-order valence-electron chi connectivity index (χ4n) is 2.08. The quantitative estimate of drug-likeness (QED) is 0.636. The summed E-state index contributed by atoms with van der Waals surface area (Å²) in [5.41, 5.74) is 3.03. The molecule has 2 N–H and O–H groups in total. The Hall–Kier alpha value is -2.80. The number of ether oxygens (including phenoxy) is 1. The maximum atomic E-state index is 12.0. The molecule has 25 heavy (non-hydrogen) atoms. The molecule has 3 rings (SSSR count). The molecule has 6 nitrogen and oxygen atoms in total. The average molecular weight is 354 g/mol. The Balaban J connectivity index is 1.45. The van der Waals surface area contributed by atoms with Crippen molar-refractivity contribution < 1.29 is 9.53 Å². The Labute approximate surface area is 150 Å². The number of anilines is 1. The van der Waals surface area contributed by atoms with Gasteiger partial charge in [-0.15, -0.1) is 0 Å². The molecule has 0 aliphatic carbocycles. The molecule has 0 aliphatic rings. The Morgan fingerprint density at radius 1 is 1.16 bits per heavy atom. The lowest BCUT2D eigenvalue weighted by molar-refractivity contribution is -0.118. The number of hydrogen-bond donors (Lipinski definition) is 2. The molecule has 0 unspecified atom stereocenters. The minimum Gasteiger partial charge on any atom is -0.484 e. The van der Waals surface area contributed by atoms with Gasteiger partial charge in [-0.3, -0.25) is 9.89 Å². The van der Waals surface area contributed by atoms with Crippen molar-refractivity contribution in [2.45, 2.75) is 17.8 Å². The van der Waals surface area contributed by atoms with Crippen molar-refractivity contribution in [3.05, 3.63) is 66.0 Å². The SMILES string of the molecule is Cc1ccc(OCC(=O)Nc2ccc(CSc3ncn[nH]3)cc2)cc1. The summed E-state index contributed by atoms with van der Waals surface area (Å²) in [6.45, 7) is 1.98. The van der Waals surface area contributed by atoms with Crippen molar-refractivity contribution in [1.82, 2.24) is 15.2 Å². The molecule has 0 atom stereocenters. The van der Waals surface area contributed by atoms with E-state index in [2.05, 4.69) is 20.5 Å². The van der Waals surface area contributed by atoms with Crippen LogP contribution < -0.4 is 10.1 Å². The van der Waals surface area contributed by atoms with Gasteiger partial charge in [-0.1, -0.05) is 41.6 Å². The van der Waals surface area contributed by atoms with Crippen LogP contribution in [-0.4, -0.2) is 27.7 Å². The number of hydrogen-bond acceptors (Lipinski definition) is 5. The zero-order chi connectivity index (χ0) is 17.5. The number of carbonyl (C=O) groups excluding carboxylic acids is 1. The number of aryl methyl sites for hydroxylation is 1. The number of H-pyrrole nitrogens is 1. The summed E-state index contributed by atoms with van der Waals surface area (Å²) in [4.78, 5) is 16.0. The third-order valence-corrected chi connectivity index (χ3v) is 4.34. The molecule has 0 saturated heterocycles. The van der Waals surface area contributed by atoms with E-state index in [0.29, 0.717) is 5.75 Å². The van der Waals surface area contributed by atoms with E-state index < -0.39 is 0 Å². The lowest BCUT2D eigenvalue weighted by atomic mass is 10.2. The number of aromatic amines is 1. The van der Waals surface area contributed by atoms with E-state index in [1.807, 2.05) is 55.5 Å². The molecule has 1 aromatic heterocycles. The van der Waals surface area contributed by atoms with E-state index >= 15 is 0 Å². The third-order valence-electron chi connectivity index (χ3n) is 3.40. The minimum atomic E-state index is -0.190. The van der Waals surface area contributed by atoms with Crippen molar-refractivity contribution >= 4 is 23.4 Å². The number of nitrogens with one attached hydrogen (secondary N) is 2. The van der Waals surface area contributed by atoms with Crippen LogP contribution in [0.2, 0.25) is 0 Å². The molecule has 7 heteroatoms. The second-order valence-corrected chi connectivity index (χ2v) is 6.39. The van der Waals surface area contributed by atoms with Crippen LogP contribution in [0.4, 0.5) is 5.69 Å². The highest BCUT2D eigenvalue weighted by atomic mass is 32.2. The maximum absolute atomic E-state index is 12.0. The van der Waals surface area contributed by atoms with E-state index in [4.69, 9.17) is 4.74 Å². The van der Waals surface area contributed by atoms with Gasteiger partial charge >= 0.3 is 0 Å². The monoisotopic (exact) mass is 354 g/mol. The van der Waals surface area contributed by atoms with Crippen LogP contribution in [0.25, 0.3) is 0 Å². The lowest BCUT2D eigenvalue weighted by Crippen LogP contribution is -2.20. The van der Waals surface area contributed by atoms with Gasteiger partial charge in [0.1, 0.15) is 12.1 Å². The fourth-order valence-corrected chi connectivity index (χ4v) is 2.82. The standard InChI is InChI=1S/C18H18N4O2S/c1-13-2-8-16(9-3-13)24-10-17(23)21-15-6-4-14(5-7-15)11-25-18-19-12-20-22-18/h2-9,12H,10-11H2,1H3,(H,21,23)(H,19,20,22). The predicted molar refractivity (Wildman–Crippen MR) is 97.7 cm³/mol. The summed E-state index contributed by atoms with van der Waals surface area (Å²) in [5.74, 6) is 1.27. The molecule has 2 aromatic carbocycles. The van der Waals surface area contributed by atoms with Crippen molar-refractivity contribution in [1.29, 1.82) is 0 Å². The summed E-state index contributed by atoms with van der Waals surface area (Å²) in [5, 5.41) is 10.2. The largest absolute Gasteiger partial charge is 0.484 e. The number of amides is 1. The van der Waals surface area contributed by atoms with E-state index in [1.54, 1.807) is 11.8 Å². The summed E-state index contributed by atoms with van der Waals surface area (Å²) in [6, 6.07) is 15.3. The summed E-state index contributed by atoms with van der Waals surface area (Å²) in [7, 11) is 0. The molecule has 0 spiro atoms. The normalized spacial score (nSPS) is 10.4. The van der Waals surface area contributed by atoms with Crippen LogP contribution >= 0.6 is 11.8 Å². The van der Waals surface area contributed by atoms with Gasteiger partial charge < -0.3 is 10.1 Å². The van der Waals surface area contributed by atoms with Crippen LogP contribution in [0.5, 0.6) is 5.75 Å². The molecule has 0 saturated carbocycles. The number of aromatic nitrogens is 3. The molecule has 128 valence electrons. The summed E-state index contributed by atoms with van der Waals surface area (Å²) in [6.07, 6.45) is 1.49. The first-order valence-electron chi connectivity index (χ1n) is 7.75. The predicted octanol–water partition coefficient (Wildman–Crippen LogP) is 3.42. The van der Waals surface area contributed by atoms with Gasteiger partial charge in [0.15, 0.2) is 11.8 Å². The highest BCUT2D eigenvalue weighted by molar-refractivity contribution is 7.98. The Morgan fingerprint density at radius 2 is 1.92 bits per heavy atom. The highest BCUT2D eigenvalue weighted by Crippen LogP contribution is 2.19. The molecular weight excluding hydrogens is 336 g/mol. The maximum Gasteiger partial charge on any atom is 0.262 e. The molecule has 0 bridgehead atoms. The van der Waals surface area contributed by atoms with Crippen molar-refractivity contribution in [3.63, 3.8) is 0 Å². The van der Waals surface area contributed by atoms with Gasteiger partial charge in [0.2, 0.25) is 0 Å². The van der Waals surface area contributed by atoms with Gasteiger partial charge in [0, 0.05) is 11.4 Å². The first-order chi connectivity index (χ1) is 12.2. The Kier molecular flexibility index (Phi) is 5.69. The van der Waals surface area contributed by atoms with Crippen molar-refractivity contribution in [2.24, 2.45) is 0 Å². The first-order valence-corrected chi connectivity index (χ1v) is 8.74. The number of nitrogens with zero attached hydrogens (tertiary/aromatic N) is 2. The van der Waals surface area contributed by atoms with Crippen LogP contribution in [-0.2, 0) is 10.5 Å². The highest BCUT2D eigenvalue weighted by Gasteiger charge is 2.04. The summed E-state index contributed by atoms with van der Waals surface area (Å²) < 4.78 is 5.47. The van der Waals surface area contributed by atoms with E-state index in [1.165, 1.54) is 6.33 Å². The smallest absolute Gasteiger partial charge is 0.262 e. The molecule has 0 fully saturated rings. The fraction of sp³-hybridized carbons (Fsp3) is 0.167. The summed E-state index contributed by atoms with van der Waals surface area (Å²) >= 11 is 1.57. The molecule has 0 aliphatic heterocycles. The topological polar surface area (TPSA) is 79.9 Å². The molecule has 1 amide bonds. The Bertz CT molecular complexity index is 802.